The highest BCUT2D eigenvalue weighted by atomic mass is 16.5. The minimum absolute atomic E-state index is 0.615. The highest BCUT2D eigenvalue weighted by Crippen LogP contribution is 2.19. The van der Waals surface area contributed by atoms with Crippen molar-refractivity contribution in [2.45, 2.75) is 53.1 Å². The van der Waals surface area contributed by atoms with Gasteiger partial charge in [0, 0.05) is 45.4 Å². The van der Waals surface area contributed by atoms with Crippen LogP contribution in [0, 0.1) is 17.8 Å². The van der Waals surface area contributed by atoms with Gasteiger partial charge in [0.05, 0.1) is 0 Å². The Morgan fingerprint density at radius 2 is 1.89 bits per heavy atom. The predicted octanol–water partition coefficient (Wildman–Crippen LogP) is 2.61. The van der Waals surface area contributed by atoms with E-state index in [1.165, 1.54) is 13.0 Å². The van der Waals surface area contributed by atoms with Gasteiger partial charge < -0.3 is 10.1 Å². The lowest BCUT2D eigenvalue weighted by atomic mass is 9.94. The first kappa shape index (κ1) is 16.9. The zero-order chi connectivity index (χ0) is 14.4. The summed E-state index contributed by atoms with van der Waals surface area (Å²) in [6.45, 7) is 15.9. The van der Waals surface area contributed by atoms with Crippen LogP contribution in [0.2, 0.25) is 0 Å². The molecule has 1 aliphatic heterocycles. The molecule has 114 valence electrons. The van der Waals surface area contributed by atoms with Crippen molar-refractivity contribution in [2.75, 3.05) is 33.4 Å². The largest absolute Gasteiger partial charge is 0.384 e. The molecule has 0 saturated carbocycles. The van der Waals surface area contributed by atoms with Gasteiger partial charge in [-0.25, -0.2) is 0 Å². The van der Waals surface area contributed by atoms with E-state index in [4.69, 9.17) is 4.74 Å². The molecule has 3 unspecified atom stereocenters. The molecule has 1 fully saturated rings. The maximum Gasteiger partial charge on any atom is 0.0500 e. The van der Waals surface area contributed by atoms with Crippen molar-refractivity contribution < 1.29 is 4.74 Å². The standard InChI is InChI=1S/C16H34N2O/c1-12(2)7-15-10-18(9-14(5)11-19-6)16(8-17-15)13(3)4/h12-17H,7-11H2,1-6H3. The van der Waals surface area contributed by atoms with Crippen LogP contribution in [0.25, 0.3) is 0 Å². The molecule has 1 N–H and O–H groups in total. The summed E-state index contributed by atoms with van der Waals surface area (Å²) >= 11 is 0. The van der Waals surface area contributed by atoms with Crippen molar-refractivity contribution in [2.24, 2.45) is 17.8 Å². The second-order valence-corrected chi connectivity index (χ2v) is 7.06. The first-order valence-electron chi connectivity index (χ1n) is 7.90. The minimum Gasteiger partial charge on any atom is -0.384 e. The number of hydrogen-bond donors (Lipinski definition) is 1. The average molecular weight is 270 g/mol. The molecule has 0 aromatic rings. The van der Waals surface area contributed by atoms with Crippen LogP contribution >= 0.6 is 0 Å². The van der Waals surface area contributed by atoms with Crippen LogP contribution in [0.4, 0.5) is 0 Å². The summed E-state index contributed by atoms with van der Waals surface area (Å²) in [6, 6.07) is 1.33. The van der Waals surface area contributed by atoms with Crippen LogP contribution in [-0.2, 0) is 4.74 Å². The second-order valence-electron chi connectivity index (χ2n) is 7.06. The molecule has 0 aromatic carbocycles. The first-order valence-corrected chi connectivity index (χ1v) is 7.90. The number of nitrogens with one attached hydrogen (secondary N) is 1. The van der Waals surface area contributed by atoms with Crippen LogP contribution in [0.1, 0.15) is 41.0 Å². The van der Waals surface area contributed by atoms with Gasteiger partial charge in [-0.05, 0) is 24.2 Å². The summed E-state index contributed by atoms with van der Waals surface area (Å²) in [7, 11) is 1.80. The summed E-state index contributed by atoms with van der Waals surface area (Å²) < 4.78 is 5.29. The SMILES string of the molecule is COCC(C)CN1CC(CC(C)C)NCC1C(C)C. The highest BCUT2D eigenvalue weighted by molar-refractivity contribution is 4.88. The van der Waals surface area contributed by atoms with Gasteiger partial charge in [-0.15, -0.1) is 0 Å². The Balaban J connectivity index is 2.57. The molecule has 3 heteroatoms. The monoisotopic (exact) mass is 270 g/mol. The Bertz CT molecular complexity index is 243. The van der Waals surface area contributed by atoms with E-state index in [0.29, 0.717) is 23.9 Å². The van der Waals surface area contributed by atoms with Crippen molar-refractivity contribution in [3.8, 4) is 0 Å². The van der Waals surface area contributed by atoms with Crippen molar-refractivity contribution in [1.29, 1.82) is 0 Å². The predicted molar refractivity (Wildman–Crippen MR) is 82.5 cm³/mol. The Labute approximate surface area is 120 Å². The lowest BCUT2D eigenvalue weighted by Crippen LogP contribution is -2.59. The molecule has 1 heterocycles. The maximum atomic E-state index is 5.29. The maximum absolute atomic E-state index is 5.29. The molecule has 3 atom stereocenters. The zero-order valence-electron chi connectivity index (χ0n) is 13.8. The molecular weight excluding hydrogens is 236 g/mol. The third kappa shape index (κ3) is 5.80. The van der Waals surface area contributed by atoms with Crippen molar-refractivity contribution in [3.05, 3.63) is 0 Å². The Kier molecular flexibility index (Phi) is 7.33. The molecule has 19 heavy (non-hydrogen) atoms. The van der Waals surface area contributed by atoms with E-state index in [0.717, 1.165) is 25.6 Å². The molecule has 3 nitrogen and oxygen atoms in total. The number of methoxy groups -OCH3 is 1. The van der Waals surface area contributed by atoms with E-state index < -0.39 is 0 Å². The zero-order valence-corrected chi connectivity index (χ0v) is 13.8. The first-order chi connectivity index (χ1) is 8.93. The Morgan fingerprint density at radius 3 is 2.42 bits per heavy atom. The number of hydrogen-bond acceptors (Lipinski definition) is 3. The summed E-state index contributed by atoms with van der Waals surface area (Å²) in [5, 5.41) is 3.74. The third-order valence-electron chi connectivity index (χ3n) is 4.06. The molecule has 0 radical (unpaired) electrons. The Hall–Kier alpha value is -0.120. The van der Waals surface area contributed by atoms with Gasteiger partial charge in [-0.3, -0.25) is 4.90 Å². The minimum atomic E-state index is 0.615. The average Bonchev–Trinajstić information content (AvgIpc) is 2.28. The lowest BCUT2D eigenvalue weighted by Gasteiger charge is -2.44. The fourth-order valence-electron chi connectivity index (χ4n) is 3.23. The van der Waals surface area contributed by atoms with Gasteiger partial charge >= 0.3 is 0 Å². The highest BCUT2D eigenvalue weighted by Gasteiger charge is 2.30. The smallest absolute Gasteiger partial charge is 0.0500 e. The molecule has 0 bridgehead atoms. The van der Waals surface area contributed by atoms with E-state index in [1.807, 2.05) is 0 Å². The number of ether oxygens (including phenoxy) is 1. The topological polar surface area (TPSA) is 24.5 Å². The normalized spacial score (nSPS) is 27.2. The van der Waals surface area contributed by atoms with Gasteiger partial charge in [0.1, 0.15) is 0 Å². The summed E-state index contributed by atoms with van der Waals surface area (Å²) in [5.74, 6) is 2.10. The molecule has 1 aliphatic rings. The van der Waals surface area contributed by atoms with E-state index in [9.17, 15) is 0 Å². The fraction of sp³-hybridized carbons (Fsp3) is 1.00. The number of rotatable bonds is 7. The molecule has 0 amide bonds. The second kappa shape index (κ2) is 8.23. The van der Waals surface area contributed by atoms with E-state index in [-0.39, 0.29) is 0 Å². The molecule has 1 rings (SSSR count). The fourth-order valence-corrected chi connectivity index (χ4v) is 3.23. The van der Waals surface area contributed by atoms with Gasteiger partial charge in [0.15, 0.2) is 0 Å². The van der Waals surface area contributed by atoms with E-state index >= 15 is 0 Å². The van der Waals surface area contributed by atoms with Gasteiger partial charge in [-0.1, -0.05) is 34.6 Å². The molecule has 0 aromatic heterocycles. The van der Waals surface area contributed by atoms with Gasteiger partial charge in [0.2, 0.25) is 0 Å². The van der Waals surface area contributed by atoms with Crippen LogP contribution in [0.15, 0.2) is 0 Å². The summed E-state index contributed by atoms with van der Waals surface area (Å²) in [6.07, 6.45) is 1.28. The van der Waals surface area contributed by atoms with E-state index in [1.54, 1.807) is 7.11 Å². The van der Waals surface area contributed by atoms with Gasteiger partial charge in [0.25, 0.3) is 0 Å². The number of nitrogens with zero attached hydrogens (tertiary/aromatic N) is 1. The van der Waals surface area contributed by atoms with Gasteiger partial charge in [-0.2, -0.15) is 0 Å². The summed E-state index contributed by atoms with van der Waals surface area (Å²) in [4.78, 5) is 2.69. The Morgan fingerprint density at radius 1 is 1.21 bits per heavy atom. The lowest BCUT2D eigenvalue weighted by molar-refractivity contribution is 0.0585. The molecule has 0 spiro atoms. The molecule has 1 saturated heterocycles. The third-order valence-corrected chi connectivity index (χ3v) is 4.06. The van der Waals surface area contributed by atoms with Crippen LogP contribution in [0.3, 0.4) is 0 Å². The van der Waals surface area contributed by atoms with E-state index in [2.05, 4.69) is 44.8 Å². The molecule has 0 aliphatic carbocycles. The van der Waals surface area contributed by atoms with Crippen molar-refractivity contribution in [3.63, 3.8) is 0 Å². The summed E-state index contributed by atoms with van der Waals surface area (Å²) in [5.41, 5.74) is 0. The number of piperazine rings is 1. The van der Waals surface area contributed by atoms with Crippen LogP contribution < -0.4 is 5.32 Å². The quantitative estimate of drug-likeness (QED) is 0.769. The van der Waals surface area contributed by atoms with Crippen LogP contribution in [-0.4, -0.2) is 50.3 Å². The molecular formula is C16H34N2O. The van der Waals surface area contributed by atoms with Crippen molar-refractivity contribution in [1.82, 2.24) is 10.2 Å². The van der Waals surface area contributed by atoms with Crippen LogP contribution in [0.5, 0.6) is 0 Å². The van der Waals surface area contributed by atoms with Crippen molar-refractivity contribution >= 4 is 0 Å².